The maximum atomic E-state index is 12.8. The van der Waals surface area contributed by atoms with Gasteiger partial charge in [-0.25, -0.2) is 4.79 Å². The molecule has 17 heteroatoms. The maximum absolute atomic E-state index is 12.8. The van der Waals surface area contributed by atoms with Gasteiger partial charge >= 0.3 is 5.69 Å². The zero-order valence-electron chi connectivity index (χ0n) is 23.2. The summed E-state index contributed by atoms with van der Waals surface area (Å²) in [5.41, 5.74) is 5.72. The molecule has 1 aromatic carbocycles. The van der Waals surface area contributed by atoms with Crippen LogP contribution in [0.25, 0.3) is 0 Å². The fraction of sp³-hybridized carbons (Fsp3) is 0.481. The number of aliphatic hydroxyl groups is 6. The SMILES string of the molecule is NC(=O)[C@H](O[C@H]1OC(C(=O)NCCc2ccc(CO)c(CO)c2)=C[C@H](O)[C@@H]1O)[C@H]1O[C@@H](n2ccc(=O)[nH]c2=O)[C@H](O)[C@@H]1CO. The number of benzene rings is 1. The number of carbonyl (C=O) groups is 2. The first-order valence-corrected chi connectivity index (χ1v) is 13.5. The van der Waals surface area contributed by atoms with Gasteiger partial charge in [-0.05, 0) is 29.2 Å². The molecule has 17 nitrogen and oxygen atoms in total. The summed E-state index contributed by atoms with van der Waals surface area (Å²) < 4.78 is 17.5. The fourth-order valence-electron chi connectivity index (χ4n) is 4.99. The Balaban J connectivity index is 1.45. The van der Waals surface area contributed by atoms with Gasteiger partial charge in [0.15, 0.2) is 18.1 Å². The second-order valence-electron chi connectivity index (χ2n) is 10.2. The van der Waals surface area contributed by atoms with E-state index in [0.29, 0.717) is 17.5 Å². The highest BCUT2D eigenvalue weighted by Crippen LogP contribution is 2.36. The number of ether oxygens (including phenoxy) is 3. The highest BCUT2D eigenvalue weighted by atomic mass is 16.7. The Hall–Kier alpha value is -3.94. The smallest absolute Gasteiger partial charge is 0.330 e. The van der Waals surface area contributed by atoms with Gasteiger partial charge < -0.3 is 55.9 Å². The number of aromatic amines is 1. The van der Waals surface area contributed by atoms with Crippen molar-refractivity contribution in [3.8, 4) is 0 Å². The van der Waals surface area contributed by atoms with Crippen molar-refractivity contribution in [2.75, 3.05) is 13.2 Å². The Kier molecular flexibility index (Phi) is 10.7. The Labute approximate surface area is 248 Å². The van der Waals surface area contributed by atoms with E-state index in [2.05, 4.69) is 5.32 Å². The van der Waals surface area contributed by atoms with Crippen LogP contribution in [-0.2, 0) is 43.4 Å². The fourth-order valence-corrected chi connectivity index (χ4v) is 4.99. The van der Waals surface area contributed by atoms with Crippen LogP contribution >= 0.6 is 0 Å². The van der Waals surface area contributed by atoms with E-state index in [4.69, 9.17) is 19.9 Å². The van der Waals surface area contributed by atoms with Gasteiger partial charge in [-0.15, -0.1) is 0 Å². The molecule has 10 N–H and O–H groups in total. The summed E-state index contributed by atoms with van der Waals surface area (Å²) in [6, 6.07) is 6.05. The van der Waals surface area contributed by atoms with Crippen LogP contribution < -0.4 is 22.3 Å². The van der Waals surface area contributed by atoms with Crippen molar-refractivity contribution in [2.45, 2.75) is 62.7 Å². The van der Waals surface area contributed by atoms with E-state index >= 15 is 0 Å². The first kappa shape index (κ1) is 33.0. The second-order valence-corrected chi connectivity index (χ2v) is 10.2. The number of amides is 2. The van der Waals surface area contributed by atoms with Crippen molar-refractivity contribution in [3.05, 3.63) is 79.8 Å². The first-order valence-electron chi connectivity index (χ1n) is 13.5. The molecule has 2 aliphatic heterocycles. The Bertz CT molecular complexity index is 1490. The van der Waals surface area contributed by atoms with Crippen molar-refractivity contribution in [2.24, 2.45) is 11.7 Å². The van der Waals surface area contributed by atoms with Gasteiger partial charge in [-0.1, -0.05) is 18.2 Å². The molecule has 0 bridgehead atoms. The number of carbonyl (C=O) groups excluding carboxylic acids is 2. The van der Waals surface area contributed by atoms with Crippen LogP contribution in [0.2, 0.25) is 0 Å². The van der Waals surface area contributed by atoms with E-state index in [1.165, 1.54) is 0 Å². The van der Waals surface area contributed by atoms with Crippen molar-refractivity contribution in [1.82, 2.24) is 14.9 Å². The van der Waals surface area contributed by atoms with Gasteiger partial charge in [0.25, 0.3) is 11.5 Å². The maximum Gasteiger partial charge on any atom is 0.330 e. The number of nitrogens with two attached hydrogens (primary N) is 1. The third kappa shape index (κ3) is 7.06. The molecule has 0 spiro atoms. The second kappa shape index (κ2) is 14.2. The molecule has 4 rings (SSSR count). The Morgan fingerprint density at radius 3 is 2.43 bits per heavy atom. The molecule has 1 fully saturated rings. The van der Waals surface area contributed by atoms with E-state index in [0.717, 1.165) is 28.5 Å². The Morgan fingerprint density at radius 1 is 1.07 bits per heavy atom. The topological polar surface area (TPSA) is 276 Å². The number of hydrogen-bond acceptors (Lipinski definition) is 13. The molecule has 2 amide bonds. The molecule has 8 atom stereocenters. The van der Waals surface area contributed by atoms with Crippen molar-refractivity contribution in [1.29, 1.82) is 0 Å². The highest BCUT2D eigenvalue weighted by Gasteiger charge is 2.51. The quantitative estimate of drug-likeness (QED) is 0.108. The van der Waals surface area contributed by atoms with Gasteiger partial charge in [-0.3, -0.25) is 23.9 Å². The number of nitrogens with zero attached hydrogens (tertiary/aromatic N) is 1. The minimum atomic E-state index is -1.85. The zero-order valence-corrected chi connectivity index (χ0v) is 23.2. The molecule has 3 heterocycles. The van der Waals surface area contributed by atoms with Crippen LogP contribution in [0.5, 0.6) is 0 Å². The lowest BCUT2D eigenvalue weighted by Gasteiger charge is -2.35. The number of aliphatic hydroxyl groups excluding tert-OH is 6. The standard InChI is InChI=1S/C27H34N4O13/c28-23(39)22(21-15(11-34)19(37)25(43-21)31-6-4-18(36)30-27(31)41)44-26-20(38)16(35)8-17(42-26)24(40)29-5-3-12-1-2-13(9-32)14(7-12)10-33/h1-2,4,6-8,15-16,19-22,25-26,32-35,37-38H,3,5,9-11H2,(H2,28,39)(H,29,40)(H,30,36,41)/t15-,16-,19+,20-,21-,22+,25+,26+/m0/s1. The largest absolute Gasteiger partial charge is 0.456 e. The van der Waals surface area contributed by atoms with E-state index in [1.54, 1.807) is 18.2 Å². The van der Waals surface area contributed by atoms with Crippen LogP contribution in [-0.4, -0.2) is 102 Å². The molecule has 0 saturated carbocycles. The van der Waals surface area contributed by atoms with E-state index in [-0.39, 0.29) is 19.8 Å². The average Bonchev–Trinajstić information content (AvgIpc) is 3.32. The number of nitrogens with one attached hydrogen (secondary N) is 2. The predicted octanol–water partition coefficient (Wildman–Crippen LogP) is -4.42. The van der Waals surface area contributed by atoms with Crippen LogP contribution in [0.4, 0.5) is 0 Å². The minimum Gasteiger partial charge on any atom is -0.456 e. The molecule has 1 aromatic heterocycles. The Morgan fingerprint density at radius 2 is 1.80 bits per heavy atom. The molecule has 240 valence electrons. The summed E-state index contributed by atoms with van der Waals surface area (Å²) in [5.74, 6) is -3.69. The molecule has 0 radical (unpaired) electrons. The number of primary amides is 1. The highest BCUT2D eigenvalue weighted by molar-refractivity contribution is 5.91. The van der Waals surface area contributed by atoms with Crippen molar-refractivity contribution >= 4 is 11.8 Å². The number of hydrogen-bond donors (Lipinski definition) is 9. The lowest BCUT2D eigenvalue weighted by molar-refractivity contribution is -0.239. The molecular formula is C27H34N4O13. The van der Waals surface area contributed by atoms with E-state index in [1.807, 2.05) is 4.98 Å². The lowest BCUT2D eigenvalue weighted by Crippen LogP contribution is -2.53. The van der Waals surface area contributed by atoms with Gasteiger partial charge in [0, 0.05) is 24.7 Å². The van der Waals surface area contributed by atoms with Crippen LogP contribution in [0.3, 0.4) is 0 Å². The molecule has 2 aliphatic rings. The number of aromatic nitrogens is 2. The zero-order chi connectivity index (χ0) is 32.1. The molecule has 0 aliphatic carbocycles. The van der Waals surface area contributed by atoms with Crippen LogP contribution in [0.15, 0.2) is 51.9 Å². The van der Waals surface area contributed by atoms with E-state index < -0.39 is 84.4 Å². The summed E-state index contributed by atoms with van der Waals surface area (Å²) in [6.45, 7) is -1.19. The number of H-pyrrole nitrogens is 1. The number of rotatable bonds is 12. The summed E-state index contributed by atoms with van der Waals surface area (Å²) in [6.07, 6.45) is -9.44. The summed E-state index contributed by atoms with van der Waals surface area (Å²) >= 11 is 0. The first-order chi connectivity index (χ1) is 21.0. The summed E-state index contributed by atoms with van der Waals surface area (Å²) in [5, 5.41) is 63.0. The molecular weight excluding hydrogens is 588 g/mol. The predicted molar refractivity (Wildman–Crippen MR) is 146 cm³/mol. The van der Waals surface area contributed by atoms with Crippen LogP contribution in [0.1, 0.15) is 22.9 Å². The molecule has 0 unspecified atom stereocenters. The monoisotopic (exact) mass is 622 g/mol. The minimum absolute atomic E-state index is 0.0917. The third-order valence-electron chi connectivity index (χ3n) is 7.37. The normalized spacial score (nSPS) is 27.3. The van der Waals surface area contributed by atoms with Gasteiger partial charge in [0.05, 0.1) is 19.8 Å². The molecule has 44 heavy (non-hydrogen) atoms. The average molecular weight is 623 g/mol. The van der Waals surface area contributed by atoms with Crippen molar-refractivity contribution in [3.63, 3.8) is 0 Å². The van der Waals surface area contributed by atoms with Gasteiger partial charge in [0.1, 0.15) is 24.4 Å². The molecule has 2 aromatic rings. The summed E-state index contributed by atoms with van der Waals surface area (Å²) in [4.78, 5) is 51.0. The van der Waals surface area contributed by atoms with Crippen LogP contribution in [0, 0.1) is 5.92 Å². The van der Waals surface area contributed by atoms with Gasteiger partial charge in [0.2, 0.25) is 12.2 Å². The third-order valence-corrected chi connectivity index (χ3v) is 7.37. The molecule has 1 saturated heterocycles. The lowest BCUT2D eigenvalue weighted by atomic mass is 9.94. The van der Waals surface area contributed by atoms with E-state index in [9.17, 15) is 49.8 Å². The van der Waals surface area contributed by atoms with Crippen molar-refractivity contribution < 1.29 is 54.4 Å². The van der Waals surface area contributed by atoms with Gasteiger partial charge in [-0.2, -0.15) is 0 Å². The summed E-state index contributed by atoms with van der Waals surface area (Å²) in [7, 11) is 0.